The van der Waals surface area contributed by atoms with E-state index in [1.54, 1.807) is 0 Å². The van der Waals surface area contributed by atoms with Crippen LogP contribution in [0.25, 0.3) is 0 Å². The number of H-pyrrole nitrogens is 1. The summed E-state index contributed by atoms with van der Waals surface area (Å²) >= 11 is 7.75. The minimum absolute atomic E-state index is 0.0791. The molecule has 7 heteroatoms. The summed E-state index contributed by atoms with van der Waals surface area (Å²) in [5.41, 5.74) is 0. The minimum atomic E-state index is 0.0791. The van der Waals surface area contributed by atoms with Crippen molar-refractivity contribution >= 4 is 41.2 Å². The van der Waals surface area contributed by atoms with Gasteiger partial charge in [-0.15, -0.1) is 0 Å². The summed E-state index contributed by atoms with van der Waals surface area (Å²) in [6, 6.07) is 0. The maximum absolute atomic E-state index is 11.5. The highest BCUT2D eigenvalue weighted by atomic mass is 32.2. The Kier molecular flexibility index (Phi) is 4.99. The third-order valence-corrected chi connectivity index (χ3v) is 5.08. The Morgan fingerprint density at radius 2 is 2.47 bits per heavy atom. The summed E-state index contributed by atoms with van der Waals surface area (Å²) in [5, 5.41) is 9.63. The van der Waals surface area contributed by atoms with Crippen molar-refractivity contribution in [2.24, 2.45) is 5.92 Å². The van der Waals surface area contributed by atoms with E-state index >= 15 is 0 Å². The molecule has 0 saturated heterocycles. The third-order valence-electron chi connectivity index (χ3n) is 2.84. The molecule has 1 amide bonds. The summed E-state index contributed by atoms with van der Waals surface area (Å²) in [7, 11) is 0. The molecule has 1 aromatic rings. The van der Waals surface area contributed by atoms with Gasteiger partial charge < -0.3 is 5.32 Å². The van der Waals surface area contributed by atoms with Crippen molar-refractivity contribution in [3.05, 3.63) is 3.95 Å². The Labute approximate surface area is 114 Å². The van der Waals surface area contributed by atoms with E-state index in [0.29, 0.717) is 9.71 Å². The number of hydrogen-bond donors (Lipinski definition) is 2. The average molecular weight is 289 g/mol. The van der Waals surface area contributed by atoms with Crippen molar-refractivity contribution in [3.8, 4) is 0 Å². The molecule has 4 nitrogen and oxygen atoms in total. The van der Waals surface area contributed by atoms with E-state index in [4.69, 9.17) is 12.2 Å². The molecular formula is C10H15N3OS3. The standard InChI is InChI=1S/C10H15N3OS3/c14-8(11-5-4-7-2-1-3-7)6-16-10-13-12-9(15)17-10/h7H,1-6H2,(H,11,14)(H,12,15). The summed E-state index contributed by atoms with van der Waals surface area (Å²) in [5.74, 6) is 1.34. The fourth-order valence-corrected chi connectivity index (χ4v) is 3.56. The molecule has 2 rings (SSSR count). The third kappa shape index (κ3) is 4.40. The topological polar surface area (TPSA) is 57.8 Å². The molecule has 0 atom stereocenters. The zero-order valence-electron chi connectivity index (χ0n) is 9.40. The number of carbonyl (C=O) groups is 1. The number of nitrogens with zero attached hydrogens (tertiary/aromatic N) is 1. The second-order valence-electron chi connectivity index (χ2n) is 4.10. The SMILES string of the molecule is O=C(CSc1n[nH]c(=S)s1)NCCC1CCC1. The lowest BCUT2D eigenvalue weighted by Crippen LogP contribution is -2.28. The molecule has 0 spiro atoms. The lowest BCUT2D eigenvalue weighted by atomic mass is 9.83. The monoisotopic (exact) mass is 289 g/mol. The number of carbonyl (C=O) groups excluding carboxylic acids is 1. The summed E-state index contributed by atoms with van der Waals surface area (Å²) in [6.45, 7) is 0.806. The molecule has 94 valence electrons. The van der Waals surface area contributed by atoms with Crippen LogP contribution in [0, 0.1) is 9.87 Å². The quantitative estimate of drug-likeness (QED) is 0.624. The molecule has 1 aliphatic carbocycles. The molecule has 1 aromatic heterocycles. The van der Waals surface area contributed by atoms with E-state index < -0.39 is 0 Å². The van der Waals surface area contributed by atoms with Gasteiger partial charge in [-0.25, -0.2) is 0 Å². The molecular weight excluding hydrogens is 274 g/mol. The number of amides is 1. The molecule has 0 unspecified atom stereocenters. The second kappa shape index (κ2) is 6.51. The molecule has 17 heavy (non-hydrogen) atoms. The predicted molar refractivity (Wildman–Crippen MR) is 73.0 cm³/mol. The second-order valence-corrected chi connectivity index (χ2v) is 6.99. The van der Waals surface area contributed by atoms with Gasteiger partial charge in [-0.2, -0.15) is 5.10 Å². The van der Waals surface area contributed by atoms with Crippen molar-refractivity contribution in [2.45, 2.75) is 30.0 Å². The summed E-state index contributed by atoms with van der Waals surface area (Å²) in [4.78, 5) is 11.5. The highest BCUT2D eigenvalue weighted by molar-refractivity contribution is 8.01. The van der Waals surface area contributed by atoms with Crippen LogP contribution in [0.2, 0.25) is 0 Å². The van der Waals surface area contributed by atoms with Gasteiger partial charge in [0.2, 0.25) is 5.91 Å². The number of nitrogens with one attached hydrogen (secondary N) is 2. The van der Waals surface area contributed by atoms with Crippen LogP contribution < -0.4 is 5.32 Å². The molecule has 0 radical (unpaired) electrons. The molecule has 1 fully saturated rings. The fourth-order valence-electron chi connectivity index (χ4n) is 1.65. The number of aromatic amines is 1. The molecule has 0 aromatic carbocycles. The number of aromatic nitrogens is 2. The minimum Gasteiger partial charge on any atom is -0.355 e. The van der Waals surface area contributed by atoms with E-state index in [-0.39, 0.29) is 5.91 Å². The lowest BCUT2D eigenvalue weighted by Gasteiger charge is -2.25. The van der Waals surface area contributed by atoms with Crippen LogP contribution in [-0.4, -0.2) is 28.4 Å². The van der Waals surface area contributed by atoms with E-state index in [2.05, 4.69) is 15.5 Å². The van der Waals surface area contributed by atoms with E-state index in [1.807, 2.05) is 0 Å². The van der Waals surface area contributed by atoms with E-state index in [0.717, 1.165) is 23.2 Å². The summed E-state index contributed by atoms with van der Waals surface area (Å²) < 4.78 is 1.47. The molecule has 0 bridgehead atoms. The molecule has 0 aliphatic heterocycles. The van der Waals surface area contributed by atoms with Crippen LogP contribution in [0.3, 0.4) is 0 Å². The molecule has 1 saturated carbocycles. The van der Waals surface area contributed by atoms with Crippen molar-refractivity contribution < 1.29 is 4.79 Å². The highest BCUT2D eigenvalue weighted by Gasteiger charge is 2.16. The number of hydrogen-bond acceptors (Lipinski definition) is 5. The lowest BCUT2D eigenvalue weighted by molar-refractivity contribution is -0.118. The molecule has 2 N–H and O–H groups in total. The van der Waals surface area contributed by atoms with Crippen LogP contribution in [0.15, 0.2) is 4.34 Å². The van der Waals surface area contributed by atoms with Crippen molar-refractivity contribution in [1.29, 1.82) is 0 Å². The Balaban J connectivity index is 1.58. The smallest absolute Gasteiger partial charge is 0.230 e. The van der Waals surface area contributed by atoms with Crippen molar-refractivity contribution in [3.63, 3.8) is 0 Å². The highest BCUT2D eigenvalue weighted by Crippen LogP contribution is 2.28. The predicted octanol–water partition coefficient (Wildman–Crippen LogP) is 2.60. The van der Waals surface area contributed by atoms with Crippen molar-refractivity contribution in [1.82, 2.24) is 15.5 Å². The maximum Gasteiger partial charge on any atom is 0.230 e. The van der Waals surface area contributed by atoms with E-state index in [9.17, 15) is 4.79 Å². The number of thioether (sulfide) groups is 1. The van der Waals surface area contributed by atoms with Gasteiger partial charge in [-0.3, -0.25) is 9.89 Å². The molecule has 1 aliphatic rings. The largest absolute Gasteiger partial charge is 0.355 e. The Morgan fingerprint density at radius 1 is 1.65 bits per heavy atom. The summed E-state index contributed by atoms with van der Waals surface area (Å²) in [6.07, 6.45) is 5.15. The van der Waals surface area contributed by atoms with Crippen LogP contribution in [0.5, 0.6) is 0 Å². The Bertz CT molecular complexity index is 424. The first-order chi connectivity index (χ1) is 8.24. The fraction of sp³-hybridized carbons (Fsp3) is 0.700. The van der Waals surface area contributed by atoms with Gasteiger partial charge in [0.15, 0.2) is 8.29 Å². The Morgan fingerprint density at radius 3 is 3.06 bits per heavy atom. The normalized spacial score (nSPS) is 15.5. The van der Waals surface area contributed by atoms with Crippen molar-refractivity contribution in [2.75, 3.05) is 12.3 Å². The van der Waals surface area contributed by atoms with Gasteiger partial charge in [0, 0.05) is 6.54 Å². The number of rotatable bonds is 6. The van der Waals surface area contributed by atoms with Gasteiger partial charge in [0.25, 0.3) is 0 Å². The van der Waals surface area contributed by atoms with Crippen LogP contribution >= 0.6 is 35.3 Å². The van der Waals surface area contributed by atoms with Crippen LogP contribution in [0.1, 0.15) is 25.7 Å². The van der Waals surface area contributed by atoms with Crippen LogP contribution in [-0.2, 0) is 4.79 Å². The molecule has 1 heterocycles. The van der Waals surface area contributed by atoms with E-state index in [1.165, 1.54) is 42.4 Å². The first-order valence-corrected chi connectivity index (χ1v) is 7.90. The van der Waals surface area contributed by atoms with Gasteiger partial charge in [-0.1, -0.05) is 42.4 Å². The zero-order chi connectivity index (χ0) is 12.1. The van der Waals surface area contributed by atoms with Gasteiger partial charge in [0.1, 0.15) is 0 Å². The first kappa shape index (κ1) is 13.0. The maximum atomic E-state index is 11.5. The van der Waals surface area contributed by atoms with Crippen LogP contribution in [0.4, 0.5) is 0 Å². The average Bonchev–Trinajstić information content (AvgIpc) is 2.65. The first-order valence-electron chi connectivity index (χ1n) is 5.69. The Hall–Kier alpha value is -0.400. The van der Waals surface area contributed by atoms with Gasteiger partial charge >= 0.3 is 0 Å². The zero-order valence-corrected chi connectivity index (χ0v) is 11.8. The van der Waals surface area contributed by atoms with Gasteiger partial charge in [-0.05, 0) is 24.6 Å². The van der Waals surface area contributed by atoms with Gasteiger partial charge in [0.05, 0.1) is 5.75 Å².